The van der Waals surface area contributed by atoms with Crippen LogP contribution in [-0.2, 0) is 4.79 Å². The van der Waals surface area contributed by atoms with Gasteiger partial charge in [-0.1, -0.05) is 75.9 Å². The highest BCUT2D eigenvalue weighted by Gasteiger charge is 2.57. The molecule has 1 saturated heterocycles. The van der Waals surface area contributed by atoms with Crippen molar-refractivity contribution in [1.82, 2.24) is 4.90 Å². The molecule has 9 atom stereocenters. The Morgan fingerprint density at radius 2 is 1.69 bits per heavy atom. The number of likely N-dealkylation sites (tertiary alicyclic amines) is 1. The first-order valence-corrected chi connectivity index (χ1v) is 15.0. The molecule has 4 saturated carbocycles. The van der Waals surface area contributed by atoms with Crippen molar-refractivity contribution in [3.63, 3.8) is 0 Å². The number of allylic oxidation sites excluding steroid dienone is 2. The topological polar surface area (TPSA) is 20.3 Å². The molecule has 5 aliphatic rings. The Morgan fingerprint density at radius 3 is 2.44 bits per heavy atom. The fourth-order valence-corrected chi connectivity index (χ4v) is 9.66. The molecule has 0 spiro atoms. The second-order valence-electron chi connectivity index (χ2n) is 13.3. The van der Waals surface area contributed by atoms with Crippen molar-refractivity contribution in [2.75, 3.05) is 13.1 Å². The maximum absolute atomic E-state index is 12.9. The predicted molar refractivity (Wildman–Crippen MR) is 151 cm³/mol. The van der Waals surface area contributed by atoms with Gasteiger partial charge >= 0.3 is 0 Å². The van der Waals surface area contributed by atoms with E-state index in [2.05, 4.69) is 62.2 Å². The first-order chi connectivity index (χ1) is 17.4. The minimum Gasteiger partial charge on any atom is -0.342 e. The third kappa shape index (κ3) is 4.86. The molecule has 1 aromatic rings. The smallest absolute Gasteiger partial charge is 0.223 e. The second kappa shape index (κ2) is 10.9. The number of carbonyl (C=O) groups is 1. The van der Waals surface area contributed by atoms with E-state index in [4.69, 9.17) is 0 Å². The van der Waals surface area contributed by atoms with Crippen molar-refractivity contribution in [3.05, 3.63) is 61.2 Å². The molecule has 2 nitrogen and oxygen atoms in total. The molecule has 1 amide bonds. The van der Waals surface area contributed by atoms with Crippen LogP contribution in [0.4, 0.5) is 0 Å². The third-order valence-electron chi connectivity index (χ3n) is 11.5. The van der Waals surface area contributed by atoms with Crippen LogP contribution in [0.3, 0.4) is 0 Å². The summed E-state index contributed by atoms with van der Waals surface area (Å²) < 4.78 is 0. The SMILES string of the molecule is C=CC=C.CC1CCC2C(CCC3C2CCC2(C)C(CN4C[C@H](c5ccccc5)CC4=O)CCC32)C1. The zero-order chi connectivity index (χ0) is 25.3. The van der Waals surface area contributed by atoms with Crippen LogP contribution in [0.2, 0.25) is 0 Å². The molecule has 2 heteroatoms. The lowest BCUT2D eigenvalue weighted by Gasteiger charge is -2.56. The quantitative estimate of drug-likeness (QED) is 0.391. The molecule has 4 aliphatic carbocycles. The highest BCUT2D eigenvalue weighted by molar-refractivity contribution is 5.79. The van der Waals surface area contributed by atoms with E-state index in [-0.39, 0.29) is 0 Å². The lowest BCUT2D eigenvalue weighted by Crippen LogP contribution is -2.49. The average molecular weight is 488 g/mol. The van der Waals surface area contributed by atoms with E-state index in [1.165, 1.54) is 63.4 Å². The van der Waals surface area contributed by atoms with E-state index in [9.17, 15) is 4.79 Å². The van der Waals surface area contributed by atoms with Gasteiger partial charge in [0.05, 0.1) is 0 Å². The first kappa shape index (κ1) is 25.8. The Morgan fingerprint density at radius 1 is 0.944 bits per heavy atom. The van der Waals surface area contributed by atoms with E-state index in [1.54, 1.807) is 12.2 Å². The van der Waals surface area contributed by atoms with E-state index in [0.717, 1.165) is 54.5 Å². The molecule has 0 N–H and O–H groups in total. The molecule has 0 radical (unpaired) electrons. The van der Waals surface area contributed by atoms with Gasteiger partial charge < -0.3 is 4.90 Å². The van der Waals surface area contributed by atoms with E-state index < -0.39 is 0 Å². The Bertz CT molecular complexity index is 916. The Kier molecular flexibility index (Phi) is 7.80. The van der Waals surface area contributed by atoms with Gasteiger partial charge in [-0.25, -0.2) is 0 Å². The van der Waals surface area contributed by atoms with Crippen molar-refractivity contribution in [1.29, 1.82) is 0 Å². The number of hydrogen-bond acceptors (Lipinski definition) is 1. The molecule has 0 aromatic heterocycles. The number of amides is 1. The Labute approximate surface area is 220 Å². The van der Waals surface area contributed by atoms with Gasteiger partial charge in [0, 0.05) is 25.4 Å². The van der Waals surface area contributed by atoms with Crippen LogP contribution in [0, 0.1) is 46.8 Å². The van der Waals surface area contributed by atoms with E-state index >= 15 is 0 Å². The highest BCUT2D eigenvalue weighted by Crippen LogP contribution is 2.64. The number of carbonyl (C=O) groups excluding carboxylic acids is 1. The van der Waals surface area contributed by atoms with Gasteiger partial charge in [0.2, 0.25) is 5.91 Å². The van der Waals surface area contributed by atoms with Gasteiger partial charge in [-0.3, -0.25) is 4.79 Å². The van der Waals surface area contributed by atoms with Crippen LogP contribution in [0.5, 0.6) is 0 Å². The van der Waals surface area contributed by atoms with Crippen LogP contribution in [-0.4, -0.2) is 23.9 Å². The predicted octanol–water partition coefficient (Wildman–Crippen LogP) is 8.27. The number of benzene rings is 1. The molecule has 0 bridgehead atoms. The minimum absolute atomic E-state index is 0.397. The zero-order valence-corrected chi connectivity index (χ0v) is 22.9. The molecule has 1 aliphatic heterocycles. The number of rotatable bonds is 4. The monoisotopic (exact) mass is 487 g/mol. The van der Waals surface area contributed by atoms with Crippen molar-refractivity contribution in [2.45, 2.75) is 84.0 Å². The maximum atomic E-state index is 12.9. The van der Waals surface area contributed by atoms with E-state index in [0.29, 0.717) is 23.7 Å². The summed E-state index contributed by atoms with van der Waals surface area (Å²) in [5.74, 6) is 7.50. The van der Waals surface area contributed by atoms with Gasteiger partial charge in [0.1, 0.15) is 0 Å². The summed E-state index contributed by atoms with van der Waals surface area (Å²) in [5.41, 5.74) is 1.82. The van der Waals surface area contributed by atoms with Gasteiger partial charge in [0.25, 0.3) is 0 Å². The van der Waals surface area contributed by atoms with Crippen molar-refractivity contribution in [2.24, 2.45) is 46.8 Å². The summed E-state index contributed by atoms with van der Waals surface area (Å²) in [5, 5.41) is 0. The standard InChI is InChI=1S/C30H43NO.C4H6/c1-20-8-11-25-22(16-20)9-12-27-26(25)14-15-30(2)24(10-13-28(27)30)19-31-18-23(17-29(31)32)21-6-4-3-5-7-21;1-3-4-2/h3-7,20,22-28H,8-19H2,1-2H3;3-4H,1-2H2/t20?,22?,23-,24?,25?,26?,27?,28?,30?;/m1./s1. The van der Waals surface area contributed by atoms with Gasteiger partial charge in [-0.2, -0.15) is 0 Å². The molecule has 196 valence electrons. The minimum atomic E-state index is 0.397. The molecule has 6 rings (SSSR count). The Balaban J connectivity index is 0.000000623. The molecular weight excluding hydrogens is 438 g/mol. The zero-order valence-electron chi connectivity index (χ0n) is 22.9. The summed E-state index contributed by atoms with van der Waals surface area (Å²) in [6, 6.07) is 10.7. The largest absolute Gasteiger partial charge is 0.342 e. The number of hydrogen-bond donors (Lipinski definition) is 0. The van der Waals surface area contributed by atoms with E-state index in [1.807, 2.05) is 0 Å². The molecule has 5 fully saturated rings. The highest BCUT2D eigenvalue weighted by atomic mass is 16.2. The maximum Gasteiger partial charge on any atom is 0.223 e. The fourth-order valence-electron chi connectivity index (χ4n) is 9.66. The van der Waals surface area contributed by atoms with Crippen LogP contribution in [0.1, 0.15) is 89.5 Å². The fraction of sp³-hybridized carbons (Fsp3) is 0.676. The molecule has 8 unspecified atom stereocenters. The Hall–Kier alpha value is -1.83. The number of fused-ring (bicyclic) bond motifs is 5. The first-order valence-electron chi connectivity index (χ1n) is 15.0. The van der Waals surface area contributed by atoms with Gasteiger partial charge in [-0.05, 0) is 104 Å². The summed E-state index contributed by atoms with van der Waals surface area (Å²) in [6.45, 7) is 13.8. The summed E-state index contributed by atoms with van der Waals surface area (Å²) >= 11 is 0. The third-order valence-corrected chi connectivity index (χ3v) is 11.5. The van der Waals surface area contributed by atoms with Gasteiger partial charge in [0.15, 0.2) is 0 Å². The lowest BCUT2D eigenvalue weighted by molar-refractivity contribution is -0.129. The molecular formula is C34H49NO. The van der Waals surface area contributed by atoms with Crippen molar-refractivity contribution in [3.8, 4) is 0 Å². The van der Waals surface area contributed by atoms with Crippen LogP contribution in [0.25, 0.3) is 0 Å². The molecule has 36 heavy (non-hydrogen) atoms. The summed E-state index contributed by atoms with van der Waals surface area (Å²) in [7, 11) is 0. The normalized spacial score (nSPS) is 41.4. The lowest BCUT2D eigenvalue weighted by atomic mass is 9.49. The van der Waals surface area contributed by atoms with Crippen molar-refractivity contribution < 1.29 is 4.79 Å². The van der Waals surface area contributed by atoms with Gasteiger partial charge in [-0.15, -0.1) is 0 Å². The summed E-state index contributed by atoms with van der Waals surface area (Å²) in [6.07, 6.45) is 17.2. The summed E-state index contributed by atoms with van der Waals surface area (Å²) in [4.78, 5) is 15.2. The van der Waals surface area contributed by atoms with Crippen molar-refractivity contribution >= 4 is 5.91 Å². The van der Waals surface area contributed by atoms with Crippen LogP contribution in [0.15, 0.2) is 55.6 Å². The molecule has 1 aromatic carbocycles. The van der Waals surface area contributed by atoms with Crippen LogP contribution >= 0.6 is 0 Å². The average Bonchev–Trinajstić information content (AvgIpc) is 3.44. The second-order valence-corrected chi connectivity index (χ2v) is 13.3. The molecule has 1 heterocycles. The van der Waals surface area contributed by atoms with Crippen LogP contribution < -0.4 is 0 Å². The number of nitrogens with zero attached hydrogens (tertiary/aromatic N) is 1.